The van der Waals surface area contributed by atoms with E-state index in [1.807, 2.05) is 12.1 Å². The standard InChI is InChI=1S/C22H23ClN4O2S/c23-17-3-6-19(7-4-17)29-16-22(28)25-18-5-8-21(24-14-18)27-11-9-26(10-12-27)15-20-2-1-13-30-20/h1-8,13-14H,9-12,15-16H2,(H,25,28). The van der Waals surface area contributed by atoms with Crippen molar-refractivity contribution in [2.24, 2.45) is 0 Å². The molecule has 0 unspecified atom stereocenters. The number of hydrogen-bond donors (Lipinski definition) is 1. The van der Waals surface area contributed by atoms with Crippen LogP contribution in [0.1, 0.15) is 4.88 Å². The van der Waals surface area contributed by atoms with E-state index < -0.39 is 0 Å². The van der Waals surface area contributed by atoms with E-state index in [0.717, 1.165) is 38.5 Å². The summed E-state index contributed by atoms with van der Waals surface area (Å²) in [7, 11) is 0. The van der Waals surface area contributed by atoms with Crippen molar-refractivity contribution < 1.29 is 9.53 Å². The highest BCUT2D eigenvalue weighted by molar-refractivity contribution is 7.09. The largest absolute Gasteiger partial charge is 0.484 e. The zero-order valence-corrected chi connectivity index (χ0v) is 18.0. The van der Waals surface area contributed by atoms with Gasteiger partial charge < -0.3 is 15.0 Å². The van der Waals surface area contributed by atoms with Crippen LogP contribution in [-0.4, -0.2) is 48.6 Å². The Labute approximate surface area is 185 Å². The van der Waals surface area contributed by atoms with Gasteiger partial charge in [0.2, 0.25) is 0 Å². The van der Waals surface area contributed by atoms with Crippen molar-refractivity contribution in [3.8, 4) is 5.75 Å². The first-order valence-corrected chi connectivity index (χ1v) is 11.1. The third-order valence-electron chi connectivity index (χ3n) is 4.87. The average molecular weight is 443 g/mol. The van der Waals surface area contributed by atoms with Crippen molar-refractivity contribution in [3.05, 3.63) is 70.0 Å². The molecule has 30 heavy (non-hydrogen) atoms. The number of halogens is 1. The third kappa shape index (κ3) is 5.72. The average Bonchev–Trinajstić information content (AvgIpc) is 3.28. The minimum Gasteiger partial charge on any atom is -0.484 e. The molecule has 0 saturated carbocycles. The minimum atomic E-state index is -0.235. The van der Waals surface area contributed by atoms with Gasteiger partial charge in [0.15, 0.2) is 6.61 Å². The van der Waals surface area contributed by atoms with Gasteiger partial charge in [0, 0.05) is 42.6 Å². The van der Waals surface area contributed by atoms with E-state index in [0.29, 0.717) is 16.5 Å². The van der Waals surface area contributed by atoms with Gasteiger partial charge >= 0.3 is 0 Å². The number of hydrogen-bond acceptors (Lipinski definition) is 6. The fraction of sp³-hybridized carbons (Fsp3) is 0.273. The van der Waals surface area contributed by atoms with E-state index in [9.17, 15) is 4.79 Å². The van der Waals surface area contributed by atoms with Crippen molar-refractivity contribution in [1.29, 1.82) is 0 Å². The number of carbonyl (C=O) groups excluding carboxylic acids is 1. The second-order valence-electron chi connectivity index (χ2n) is 7.04. The quantitative estimate of drug-likeness (QED) is 0.596. The molecule has 1 amide bonds. The Morgan fingerprint density at radius 2 is 1.90 bits per heavy atom. The molecule has 8 heteroatoms. The first kappa shape index (κ1) is 20.7. The van der Waals surface area contributed by atoms with E-state index in [4.69, 9.17) is 16.3 Å². The molecule has 1 saturated heterocycles. The van der Waals surface area contributed by atoms with Gasteiger partial charge in [-0.25, -0.2) is 4.98 Å². The summed E-state index contributed by atoms with van der Waals surface area (Å²) in [5.74, 6) is 1.30. The van der Waals surface area contributed by atoms with Crippen LogP contribution < -0.4 is 15.0 Å². The van der Waals surface area contributed by atoms with Gasteiger partial charge in [-0.05, 0) is 47.8 Å². The number of nitrogens with one attached hydrogen (secondary N) is 1. The summed E-state index contributed by atoms with van der Waals surface area (Å²) < 4.78 is 5.46. The lowest BCUT2D eigenvalue weighted by atomic mass is 10.3. The Hall–Kier alpha value is -2.61. The van der Waals surface area contributed by atoms with E-state index in [2.05, 4.69) is 37.6 Å². The van der Waals surface area contributed by atoms with Crippen LogP contribution in [0.15, 0.2) is 60.1 Å². The molecule has 1 fully saturated rings. The second-order valence-corrected chi connectivity index (χ2v) is 8.51. The maximum absolute atomic E-state index is 12.1. The highest BCUT2D eigenvalue weighted by Crippen LogP contribution is 2.19. The van der Waals surface area contributed by atoms with Crippen LogP contribution in [0.3, 0.4) is 0 Å². The van der Waals surface area contributed by atoms with Gasteiger partial charge in [0.05, 0.1) is 11.9 Å². The van der Waals surface area contributed by atoms with Crippen LogP contribution >= 0.6 is 22.9 Å². The first-order chi connectivity index (χ1) is 14.7. The van der Waals surface area contributed by atoms with Crippen molar-refractivity contribution in [3.63, 3.8) is 0 Å². The summed E-state index contributed by atoms with van der Waals surface area (Å²) in [4.78, 5) is 22.8. The maximum Gasteiger partial charge on any atom is 0.262 e. The number of piperazine rings is 1. The molecule has 1 aromatic carbocycles. The van der Waals surface area contributed by atoms with Crippen LogP contribution in [0.4, 0.5) is 11.5 Å². The zero-order chi connectivity index (χ0) is 20.8. The predicted molar refractivity (Wildman–Crippen MR) is 122 cm³/mol. The van der Waals surface area contributed by atoms with Crippen LogP contribution in [0.5, 0.6) is 5.75 Å². The molecule has 2 aromatic heterocycles. The molecule has 3 aromatic rings. The Morgan fingerprint density at radius 1 is 1.10 bits per heavy atom. The molecule has 0 aliphatic carbocycles. The number of benzene rings is 1. The maximum atomic E-state index is 12.1. The van der Waals surface area contributed by atoms with Crippen molar-refractivity contribution in [2.75, 3.05) is 43.0 Å². The molecule has 3 heterocycles. The molecule has 0 radical (unpaired) electrons. The van der Waals surface area contributed by atoms with Gasteiger partial charge in [0.1, 0.15) is 11.6 Å². The Balaban J connectivity index is 1.23. The number of thiophene rings is 1. The number of rotatable bonds is 7. The number of pyridine rings is 1. The Kier molecular flexibility index (Phi) is 6.84. The monoisotopic (exact) mass is 442 g/mol. The van der Waals surface area contributed by atoms with E-state index >= 15 is 0 Å². The van der Waals surface area contributed by atoms with Gasteiger partial charge in [-0.2, -0.15) is 0 Å². The van der Waals surface area contributed by atoms with Crippen LogP contribution in [-0.2, 0) is 11.3 Å². The fourth-order valence-electron chi connectivity index (χ4n) is 3.28. The molecule has 0 spiro atoms. The van der Waals surface area contributed by atoms with Gasteiger partial charge in [0.25, 0.3) is 5.91 Å². The van der Waals surface area contributed by atoms with Gasteiger partial charge in [-0.3, -0.25) is 9.69 Å². The summed E-state index contributed by atoms with van der Waals surface area (Å²) in [6.07, 6.45) is 1.69. The zero-order valence-electron chi connectivity index (χ0n) is 16.5. The molecular formula is C22H23ClN4O2S. The van der Waals surface area contributed by atoms with E-state index in [-0.39, 0.29) is 12.5 Å². The van der Waals surface area contributed by atoms with Crippen molar-refractivity contribution >= 4 is 40.4 Å². The highest BCUT2D eigenvalue weighted by Gasteiger charge is 2.18. The van der Waals surface area contributed by atoms with Crippen molar-refractivity contribution in [1.82, 2.24) is 9.88 Å². The lowest BCUT2D eigenvalue weighted by Gasteiger charge is -2.35. The van der Waals surface area contributed by atoms with Crippen LogP contribution in [0, 0.1) is 0 Å². The van der Waals surface area contributed by atoms with Crippen LogP contribution in [0.25, 0.3) is 0 Å². The summed E-state index contributed by atoms with van der Waals surface area (Å²) in [6, 6.07) is 15.0. The molecular weight excluding hydrogens is 420 g/mol. The van der Waals surface area contributed by atoms with Crippen LogP contribution in [0.2, 0.25) is 5.02 Å². The number of nitrogens with zero attached hydrogens (tertiary/aromatic N) is 3. The fourth-order valence-corrected chi connectivity index (χ4v) is 4.15. The van der Waals surface area contributed by atoms with Gasteiger partial charge in [-0.15, -0.1) is 11.3 Å². The summed E-state index contributed by atoms with van der Waals surface area (Å²) in [5, 5.41) is 5.56. The van der Waals surface area contributed by atoms with E-state index in [1.165, 1.54) is 4.88 Å². The second kappa shape index (κ2) is 9.93. The molecule has 1 N–H and O–H groups in total. The number of ether oxygens (including phenoxy) is 1. The third-order valence-corrected chi connectivity index (χ3v) is 5.98. The minimum absolute atomic E-state index is 0.0738. The first-order valence-electron chi connectivity index (χ1n) is 9.80. The molecule has 1 aliphatic rings. The summed E-state index contributed by atoms with van der Waals surface area (Å²) >= 11 is 7.65. The molecule has 4 rings (SSSR count). The van der Waals surface area contributed by atoms with E-state index in [1.54, 1.807) is 41.8 Å². The Bertz CT molecular complexity index is 940. The number of anilines is 2. The smallest absolute Gasteiger partial charge is 0.262 e. The summed E-state index contributed by atoms with van der Waals surface area (Å²) in [5.41, 5.74) is 0.653. The number of carbonyl (C=O) groups is 1. The van der Waals surface area contributed by atoms with Gasteiger partial charge in [-0.1, -0.05) is 17.7 Å². The Morgan fingerprint density at radius 3 is 2.57 bits per heavy atom. The molecule has 0 bridgehead atoms. The molecule has 6 nitrogen and oxygen atoms in total. The lowest BCUT2D eigenvalue weighted by Crippen LogP contribution is -2.46. The summed E-state index contributed by atoms with van der Waals surface area (Å²) in [6.45, 7) is 4.86. The number of amides is 1. The molecule has 1 aliphatic heterocycles. The normalized spacial score (nSPS) is 14.5. The highest BCUT2D eigenvalue weighted by atomic mass is 35.5. The molecule has 0 atom stereocenters. The predicted octanol–water partition coefficient (Wildman–Crippen LogP) is 4.14. The lowest BCUT2D eigenvalue weighted by molar-refractivity contribution is -0.118. The SMILES string of the molecule is O=C(COc1ccc(Cl)cc1)Nc1ccc(N2CCN(Cc3cccs3)CC2)nc1. The van der Waals surface area contributed by atoms with Crippen molar-refractivity contribution in [2.45, 2.75) is 6.54 Å². The topological polar surface area (TPSA) is 57.7 Å². The molecule has 156 valence electrons. The number of aromatic nitrogens is 1.